The summed E-state index contributed by atoms with van der Waals surface area (Å²) in [6.45, 7) is 6.18. The molecule has 0 bridgehead atoms. The molecule has 0 spiro atoms. The number of hydrogen-bond donors (Lipinski definition) is 2. The van der Waals surface area contributed by atoms with Crippen molar-refractivity contribution in [2.45, 2.75) is 45.6 Å². The summed E-state index contributed by atoms with van der Waals surface area (Å²) in [6, 6.07) is 0. The lowest BCUT2D eigenvalue weighted by Gasteiger charge is -2.23. The lowest BCUT2D eigenvalue weighted by molar-refractivity contribution is -0.144. The maximum Gasteiger partial charge on any atom is 0.323 e. The lowest BCUT2D eigenvalue weighted by Crippen LogP contribution is -2.47. The number of likely N-dealkylation sites (N-methyl/N-ethyl adjacent to an activating group) is 1. The number of carboxylic acids is 1. The van der Waals surface area contributed by atoms with Crippen LogP contribution in [-0.2, 0) is 4.79 Å². The molecule has 0 aromatic heterocycles. The van der Waals surface area contributed by atoms with Gasteiger partial charge in [-0.25, -0.2) is 0 Å². The fraction of sp³-hybridized carbons (Fsp3) is 0.917. The van der Waals surface area contributed by atoms with Crippen LogP contribution in [0.5, 0.6) is 0 Å². The average molecular weight is 247 g/mol. The van der Waals surface area contributed by atoms with Crippen LogP contribution in [0.25, 0.3) is 0 Å². The molecule has 0 aromatic rings. The third-order valence-corrected chi connectivity index (χ3v) is 4.17. The standard InChI is InChI=1S/C12H25NO2S/c1-10(2)9-16-8-6-5-7-12(3,13-4)11(14)15/h10,13H,5-9H2,1-4H3,(H,14,15). The maximum absolute atomic E-state index is 11.0. The molecule has 4 heteroatoms. The minimum atomic E-state index is -0.761. The predicted octanol–water partition coefficient (Wildman–Crippen LogP) is 2.61. The van der Waals surface area contributed by atoms with Gasteiger partial charge < -0.3 is 10.4 Å². The van der Waals surface area contributed by atoms with E-state index in [1.807, 2.05) is 11.8 Å². The van der Waals surface area contributed by atoms with Gasteiger partial charge in [0.15, 0.2) is 0 Å². The first-order valence-corrected chi connectivity index (χ1v) is 7.08. The third-order valence-electron chi connectivity index (χ3n) is 2.69. The van der Waals surface area contributed by atoms with Crippen LogP contribution in [0.4, 0.5) is 0 Å². The van der Waals surface area contributed by atoms with Gasteiger partial charge in [0, 0.05) is 0 Å². The molecule has 0 aliphatic rings. The van der Waals surface area contributed by atoms with Crippen LogP contribution in [-0.4, -0.2) is 35.2 Å². The summed E-state index contributed by atoms with van der Waals surface area (Å²) >= 11 is 1.96. The zero-order valence-electron chi connectivity index (χ0n) is 10.9. The van der Waals surface area contributed by atoms with Crippen molar-refractivity contribution in [1.29, 1.82) is 0 Å². The van der Waals surface area contributed by atoms with Crippen molar-refractivity contribution in [1.82, 2.24) is 5.32 Å². The molecule has 0 saturated heterocycles. The summed E-state index contributed by atoms with van der Waals surface area (Å²) in [6.07, 6.45) is 2.76. The highest BCUT2D eigenvalue weighted by atomic mass is 32.2. The van der Waals surface area contributed by atoms with E-state index >= 15 is 0 Å². The molecule has 0 saturated carbocycles. The van der Waals surface area contributed by atoms with Gasteiger partial charge in [-0.2, -0.15) is 11.8 Å². The Morgan fingerprint density at radius 2 is 2.06 bits per heavy atom. The SMILES string of the molecule is CNC(C)(CCCCSCC(C)C)C(=O)O. The highest BCUT2D eigenvalue weighted by molar-refractivity contribution is 7.99. The van der Waals surface area contributed by atoms with Gasteiger partial charge in [-0.05, 0) is 44.2 Å². The topological polar surface area (TPSA) is 49.3 Å². The second kappa shape index (κ2) is 7.96. The van der Waals surface area contributed by atoms with Crippen molar-refractivity contribution >= 4 is 17.7 Å². The number of hydrogen-bond acceptors (Lipinski definition) is 3. The summed E-state index contributed by atoms with van der Waals surface area (Å²) in [5, 5.41) is 11.9. The molecule has 0 aliphatic carbocycles. The van der Waals surface area contributed by atoms with Crippen molar-refractivity contribution < 1.29 is 9.90 Å². The molecule has 0 aromatic carbocycles. The number of unbranched alkanes of at least 4 members (excludes halogenated alkanes) is 1. The molecule has 0 amide bonds. The number of carboxylic acid groups (broad SMARTS) is 1. The molecule has 16 heavy (non-hydrogen) atoms. The van der Waals surface area contributed by atoms with Gasteiger partial charge in [0.1, 0.15) is 5.54 Å². The Kier molecular flexibility index (Phi) is 7.85. The zero-order chi connectivity index (χ0) is 12.6. The molecular weight excluding hydrogens is 222 g/mol. The Morgan fingerprint density at radius 3 is 2.50 bits per heavy atom. The van der Waals surface area contributed by atoms with Crippen LogP contribution < -0.4 is 5.32 Å². The van der Waals surface area contributed by atoms with Gasteiger partial charge >= 0.3 is 5.97 Å². The minimum Gasteiger partial charge on any atom is -0.480 e. The average Bonchev–Trinajstić information content (AvgIpc) is 2.22. The fourth-order valence-corrected chi connectivity index (χ4v) is 2.39. The Labute approximate surface area is 103 Å². The van der Waals surface area contributed by atoms with Gasteiger partial charge in [-0.3, -0.25) is 4.79 Å². The number of rotatable bonds is 9. The van der Waals surface area contributed by atoms with Crippen LogP contribution in [0.1, 0.15) is 40.0 Å². The number of carbonyl (C=O) groups is 1. The highest BCUT2D eigenvalue weighted by Gasteiger charge is 2.29. The van der Waals surface area contributed by atoms with E-state index in [0.29, 0.717) is 6.42 Å². The molecular formula is C12H25NO2S. The maximum atomic E-state index is 11.0. The quantitative estimate of drug-likeness (QED) is 0.615. The van der Waals surface area contributed by atoms with Crippen LogP contribution in [0.3, 0.4) is 0 Å². The largest absolute Gasteiger partial charge is 0.480 e. The summed E-state index contributed by atoms with van der Waals surface area (Å²) in [5.41, 5.74) is -0.761. The van der Waals surface area contributed by atoms with Gasteiger partial charge in [-0.1, -0.05) is 20.3 Å². The van der Waals surface area contributed by atoms with E-state index in [2.05, 4.69) is 19.2 Å². The lowest BCUT2D eigenvalue weighted by atomic mass is 9.95. The smallest absolute Gasteiger partial charge is 0.323 e. The first-order valence-electron chi connectivity index (χ1n) is 5.92. The molecule has 96 valence electrons. The van der Waals surface area contributed by atoms with E-state index in [9.17, 15) is 4.79 Å². The van der Waals surface area contributed by atoms with Crippen LogP contribution in [0, 0.1) is 5.92 Å². The molecule has 1 atom stereocenters. The van der Waals surface area contributed by atoms with Crippen LogP contribution in [0.2, 0.25) is 0 Å². The van der Waals surface area contributed by atoms with Crippen molar-refractivity contribution in [3.8, 4) is 0 Å². The van der Waals surface area contributed by atoms with E-state index in [-0.39, 0.29) is 0 Å². The molecule has 2 N–H and O–H groups in total. The first kappa shape index (κ1) is 15.8. The van der Waals surface area contributed by atoms with Crippen molar-refractivity contribution in [3.63, 3.8) is 0 Å². The summed E-state index contributed by atoms with van der Waals surface area (Å²) in [4.78, 5) is 11.0. The van der Waals surface area contributed by atoms with E-state index in [1.54, 1.807) is 14.0 Å². The van der Waals surface area contributed by atoms with Crippen molar-refractivity contribution in [2.75, 3.05) is 18.6 Å². The Hall–Kier alpha value is -0.220. The van der Waals surface area contributed by atoms with Gasteiger partial charge in [0.25, 0.3) is 0 Å². The van der Waals surface area contributed by atoms with E-state index < -0.39 is 11.5 Å². The summed E-state index contributed by atoms with van der Waals surface area (Å²) in [5.74, 6) is 2.32. The monoisotopic (exact) mass is 247 g/mol. The number of thioether (sulfide) groups is 1. The van der Waals surface area contributed by atoms with Gasteiger partial charge in [0.05, 0.1) is 0 Å². The molecule has 1 unspecified atom stereocenters. The minimum absolute atomic E-state index is 0.696. The first-order chi connectivity index (χ1) is 7.42. The molecule has 0 fully saturated rings. The summed E-state index contributed by atoms with van der Waals surface area (Å²) < 4.78 is 0. The molecule has 0 aliphatic heterocycles. The van der Waals surface area contributed by atoms with Crippen LogP contribution >= 0.6 is 11.8 Å². The van der Waals surface area contributed by atoms with Gasteiger partial charge in [-0.15, -0.1) is 0 Å². The number of nitrogens with one attached hydrogen (secondary N) is 1. The third kappa shape index (κ3) is 6.38. The molecule has 0 rings (SSSR count). The zero-order valence-corrected chi connectivity index (χ0v) is 11.7. The van der Waals surface area contributed by atoms with Crippen molar-refractivity contribution in [2.24, 2.45) is 5.92 Å². The van der Waals surface area contributed by atoms with Crippen molar-refractivity contribution in [3.05, 3.63) is 0 Å². The normalized spacial score (nSPS) is 15.1. The van der Waals surface area contributed by atoms with E-state index in [4.69, 9.17) is 5.11 Å². The van der Waals surface area contributed by atoms with Gasteiger partial charge in [0.2, 0.25) is 0 Å². The fourth-order valence-electron chi connectivity index (χ4n) is 1.34. The molecule has 0 heterocycles. The molecule has 0 radical (unpaired) electrons. The second-order valence-electron chi connectivity index (χ2n) is 4.81. The van der Waals surface area contributed by atoms with Crippen LogP contribution in [0.15, 0.2) is 0 Å². The Bertz CT molecular complexity index is 209. The van der Waals surface area contributed by atoms with E-state index in [1.165, 1.54) is 5.75 Å². The molecule has 3 nitrogen and oxygen atoms in total. The Morgan fingerprint density at radius 1 is 1.44 bits per heavy atom. The number of aliphatic carboxylic acids is 1. The Balaban J connectivity index is 3.61. The van der Waals surface area contributed by atoms with E-state index in [0.717, 1.165) is 24.5 Å². The predicted molar refractivity (Wildman–Crippen MR) is 71.1 cm³/mol. The second-order valence-corrected chi connectivity index (χ2v) is 5.96. The highest BCUT2D eigenvalue weighted by Crippen LogP contribution is 2.16. The summed E-state index contributed by atoms with van der Waals surface area (Å²) in [7, 11) is 1.71.